The largest absolute Gasteiger partial charge is 0.455 e. The fourth-order valence-corrected chi connectivity index (χ4v) is 2.87. The normalized spacial score (nSPS) is 30.8. The smallest absolute Gasteiger partial charge is 0.338 e. The summed E-state index contributed by atoms with van der Waals surface area (Å²) in [6.45, 7) is 3.59. The molecule has 5 heteroatoms. The van der Waals surface area contributed by atoms with Crippen LogP contribution in [-0.2, 0) is 19.0 Å². The molecule has 21 heavy (non-hydrogen) atoms. The number of benzene rings is 1. The minimum Gasteiger partial charge on any atom is -0.455 e. The predicted molar refractivity (Wildman–Crippen MR) is 73.7 cm³/mol. The summed E-state index contributed by atoms with van der Waals surface area (Å²) in [5, 5.41) is 0. The van der Waals surface area contributed by atoms with E-state index in [-0.39, 0.29) is 24.4 Å². The van der Waals surface area contributed by atoms with Crippen LogP contribution in [0.1, 0.15) is 37.0 Å². The van der Waals surface area contributed by atoms with E-state index >= 15 is 0 Å². The van der Waals surface area contributed by atoms with Crippen molar-refractivity contribution in [3.63, 3.8) is 0 Å². The first-order valence-electron chi connectivity index (χ1n) is 7.08. The molecule has 0 spiro atoms. The highest BCUT2D eigenvalue weighted by molar-refractivity contribution is 5.90. The van der Waals surface area contributed by atoms with E-state index in [1.54, 1.807) is 38.1 Å². The number of carbonyl (C=O) groups excluding carboxylic acids is 2. The Bertz CT molecular complexity index is 551. The molecular weight excluding hydrogens is 272 g/mol. The van der Waals surface area contributed by atoms with E-state index in [1.807, 2.05) is 6.07 Å². The second-order valence-corrected chi connectivity index (χ2v) is 5.90. The van der Waals surface area contributed by atoms with Crippen LogP contribution in [0.15, 0.2) is 30.3 Å². The lowest BCUT2D eigenvalue weighted by Crippen LogP contribution is -2.45. The van der Waals surface area contributed by atoms with Crippen LogP contribution >= 0.6 is 0 Å². The highest BCUT2D eigenvalue weighted by atomic mass is 16.8. The molecule has 0 N–H and O–H groups in total. The molecule has 2 unspecified atom stereocenters. The molecule has 2 aliphatic rings. The lowest BCUT2D eigenvalue weighted by molar-refractivity contribution is -0.154. The predicted octanol–water partition coefficient (Wildman–Crippen LogP) is 2.09. The molecule has 1 aromatic rings. The molecule has 3 rings (SSSR count). The minimum absolute atomic E-state index is 0.0309. The molecule has 3 atom stereocenters. The zero-order valence-corrected chi connectivity index (χ0v) is 12.1. The number of hydrogen-bond acceptors (Lipinski definition) is 5. The number of fused-ring (bicyclic) bond motifs is 1. The van der Waals surface area contributed by atoms with E-state index in [2.05, 4.69) is 0 Å². The maximum atomic E-state index is 12.1. The first-order valence-corrected chi connectivity index (χ1v) is 7.08. The maximum absolute atomic E-state index is 12.1. The Balaban J connectivity index is 1.75. The number of ketones is 1. The van der Waals surface area contributed by atoms with E-state index in [0.29, 0.717) is 12.0 Å². The Labute approximate surface area is 123 Å². The zero-order chi connectivity index (χ0) is 15.0. The van der Waals surface area contributed by atoms with Crippen LogP contribution in [0, 0.1) is 0 Å². The third-order valence-electron chi connectivity index (χ3n) is 3.71. The molecule has 1 aromatic carbocycles. The average molecular weight is 290 g/mol. The van der Waals surface area contributed by atoms with Gasteiger partial charge in [0.15, 0.2) is 5.79 Å². The second kappa shape index (κ2) is 5.24. The van der Waals surface area contributed by atoms with Crippen LogP contribution in [-0.4, -0.2) is 35.9 Å². The van der Waals surface area contributed by atoms with E-state index in [1.165, 1.54) is 0 Å². The van der Waals surface area contributed by atoms with Gasteiger partial charge in [-0.2, -0.15) is 0 Å². The van der Waals surface area contributed by atoms with Crippen molar-refractivity contribution in [3.8, 4) is 0 Å². The summed E-state index contributed by atoms with van der Waals surface area (Å²) in [6.07, 6.45) is -0.821. The van der Waals surface area contributed by atoms with E-state index in [4.69, 9.17) is 14.2 Å². The zero-order valence-electron chi connectivity index (χ0n) is 12.1. The Hall–Kier alpha value is -1.72. The number of ether oxygens (including phenoxy) is 3. The number of rotatable bonds is 2. The van der Waals surface area contributed by atoms with Gasteiger partial charge in [-0.25, -0.2) is 4.79 Å². The summed E-state index contributed by atoms with van der Waals surface area (Å²) in [5.74, 6) is -1.16. The van der Waals surface area contributed by atoms with Gasteiger partial charge in [0.25, 0.3) is 0 Å². The van der Waals surface area contributed by atoms with Gasteiger partial charge in [-0.3, -0.25) is 4.79 Å². The second-order valence-electron chi connectivity index (χ2n) is 5.90. The standard InChI is InChI=1S/C16H18O5/c1-16(2)20-13-9-11(17)8-12(14(13)21-16)19-15(18)10-6-4-3-5-7-10/h3-7,12-14H,8-9H2,1-2H3/t12-,13?,14?/m1/s1. The van der Waals surface area contributed by atoms with Gasteiger partial charge in [0, 0.05) is 12.8 Å². The van der Waals surface area contributed by atoms with E-state index in [0.717, 1.165) is 0 Å². The quantitative estimate of drug-likeness (QED) is 0.781. The molecule has 0 radical (unpaired) electrons. The highest BCUT2D eigenvalue weighted by Crippen LogP contribution is 2.37. The molecule has 1 heterocycles. The molecule has 5 nitrogen and oxygen atoms in total. The van der Waals surface area contributed by atoms with Crippen molar-refractivity contribution in [1.29, 1.82) is 0 Å². The van der Waals surface area contributed by atoms with Crippen LogP contribution in [0.25, 0.3) is 0 Å². The summed E-state index contributed by atoms with van der Waals surface area (Å²) in [5.41, 5.74) is 0.463. The van der Waals surface area contributed by atoms with Gasteiger partial charge in [-0.1, -0.05) is 18.2 Å². The van der Waals surface area contributed by atoms with Gasteiger partial charge < -0.3 is 14.2 Å². The number of carbonyl (C=O) groups is 2. The van der Waals surface area contributed by atoms with Crippen molar-refractivity contribution in [1.82, 2.24) is 0 Å². The van der Waals surface area contributed by atoms with Gasteiger partial charge in [0.1, 0.15) is 18.0 Å². The van der Waals surface area contributed by atoms with E-state index in [9.17, 15) is 9.59 Å². The Morgan fingerprint density at radius 1 is 1.19 bits per heavy atom. The van der Waals surface area contributed by atoms with Crippen molar-refractivity contribution >= 4 is 11.8 Å². The monoisotopic (exact) mass is 290 g/mol. The first-order chi connectivity index (χ1) is 9.94. The maximum Gasteiger partial charge on any atom is 0.338 e. The Morgan fingerprint density at radius 3 is 2.62 bits per heavy atom. The SMILES string of the molecule is CC1(C)OC2CC(=O)C[C@@H](OC(=O)c3ccccc3)C2O1. The molecule has 1 aliphatic heterocycles. The number of hydrogen-bond donors (Lipinski definition) is 0. The molecule has 0 amide bonds. The third kappa shape index (κ3) is 2.99. The van der Waals surface area contributed by atoms with Crippen LogP contribution in [0.2, 0.25) is 0 Å². The molecule has 1 saturated carbocycles. The van der Waals surface area contributed by atoms with Crippen LogP contribution < -0.4 is 0 Å². The number of esters is 1. The van der Waals surface area contributed by atoms with Crippen molar-refractivity contribution in [2.75, 3.05) is 0 Å². The lowest BCUT2D eigenvalue weighted by Gasteiger charge is -2.29. The van der Waals surface area contributed by atoms with Crippen molar-refractivity contribution in [2.45, 2.75) is 50.8 Å². The summed E-state index contributed by atoms with van der Waals surface area (Å²) < 4.78 is 17.0. The van der Waals surface area contributed by atoms with Crippen LogP contribution in [0.5, 0.6) is 0 Å². The minimum atomic E-state index is -0.753. The van der Waals surface area contributed by atoms with Gasteiger partial charge in [0.05, 0.1) is 11.7 Å². The van der Waals surface area contributed by atoms with Gasteiger partial charge in [0.2, 0.25) is 0 Å². The highest BCUT2D eigenvalue weighted by Gasteiger charge is 2.50. The topological polar surface area (TPSA) is 61.8 Å². The van der Waals surface area contributed by atoms with Gasteiger partial charge in [-0.15, -0.1) is 0 Å². The fourth-order valence-electron chi connectivity index (χ4n) is 2.87. The molecule has 1 saturated heterocycles. The lowest BCUT2D eigenvalue weighted by atomic mass is 9.91. The van der Waals surface area contributed by atoms with Crippen molar-refractivity contribution in [2.24, 2.45) is 0 Å². The third-order valence-corrected chi connectivity index (χ3v) is 3.71. The first kappa shape index (κ1) is 14.2. The summed E-state index contributed by atoms with van der Waals surface area (Å²) in [4.78, 5) is 24.0. The summed E-state index contributed by atoms with van der Waals surface area (Å²) >= 11 is 0. The summed E-state index contributed by atoms with van der Waals surface area (Å²) in [6, 6.07) is 8.72. The van der Waals surface area contributed by atoms with Crippen LogP contribution in [0.4, 0.5) is 0 Å². The average Bonchev–Trinajstić information content (AvgIpc) is 2.74. The molecule has 0 bridgehead atoms. The van der Waals surface area contributed by atoms with Gasteiger partial charge in [-0.05, 0) is 26.0 Å². The van der Waals surface area contributed by atoms with Crippen molar-refractivity contribution < 1.29 is 23.8 Å². The number of Topliss-reactive ketones (excluding diaryl/α,β-unsaturated/α-hetero) is 1. The molecule has 2 fully saturated rings. The fraction of sp³-hybridized carbons (Fsp3) is 0.500. The molecule has 112 valence electrons. The van der Waals surface area contributed by atoms with Crippen molar-refractivity contribution in [3.05, 3.63) is 35.9 Å². The summed E-state index contributed by atoms with van der Waals surface area (Å²) in [7, 11) is 0. The van der Waals surface area contributed by atoms with Crippen LogP contribution in [0.3, 0.4) is 0 Å². The Morgan fingerprint density at radius 2 is 1.90 bits per heavy atom. The Kier molecular flexibility index (Phi) is 3.55. The molecular formula is C16H18O5. The van der Waals surface area contributed by atoms with E-state index < -0.39 is 17.9 Å². The molecule has 1 aliphatic carbocycles. The van der Waals surface area contributed by atoms with Gasteiger partial charge >= 0.3 is 5.97 Å². The molecule has 0 aromatic heterocycles.